The SMILES string of the molecule is Cn1cncc1C(=O)Nc1ccccc1-c1c2nc(c(-c3ccccc3NC(=O)c3cncn3C)c3ccc([nH]3)c(-c3ccccc3NC(=O)c3cncn3C)c3nc(c(-c4ccccc4NC(=O)CCCC(=O)O)c4ccc1[nH]4)C=C3)C=C2. The van der Waals surface area contributed by atoms with E-state index in [4.69, 9.17) is 9.97 Å². The van der Waals surface area contributed by atoms with Crippen LogP contribution in [-0.2, 0) is 30.7 Å². The minimum Gasteiger partial charge on any atom is -0.481 e. The molecule has 0 spiro atoms. The molecule has 414 valence electrons. The average Bonchev–Trinajstić information content (AvgIpc) is 3.00. The lowest BCUT2D eigenvalue weighted by Gasteiger charge is -2.14. The van der Waals surface area contributed by atoms with Crippen molar-refractivity contribution in [1.29, 1.82) is 0 Å². The third-order valence-corrected chi connectivity index (χ3v) is 14.5. The van der Waals surface area contributed by atoms with Crippen molar-refractivity contribution in [2.75, 3.05) is 21.3 Å². The highest BCUT2D eigenvalue weighted by molar-refractivity contribution is 6.11. The van der Waals surface area contributed by atoms with Gasteiger partial charge in [-0.1, -0.05) is 72.8 Å². The molecule has 0 atom stereocenters. The second kappa shape index (κ2) is 22.5. The highest BCUT2D eigenvalue weighted by atomic mass is 16.4. The van der Waals surface area contributed by atoms with Crippen molar-refractivity contribution in [1.82, 2.24) is 48.6 Å². The Morgan fingerprint density at radius 1 is 0.417 bits per heavy atom. The Bertz CT molecular complexity index is 4460. The molecular formula is C64H52N14O6. The van der Waals surface area contributed by atoms with E-state index in [-0.39, 0.29) is 42.9 Å². The second-order valence-corrected chi connectivity index (χ2v) is 20.0. The zero-order chi connectivity index (χ0) is 58.0. The number of carbonyl (C=O) groups excluding carboxylic acids is 4. The summed E-state index contributed by atoms with van der Waals surface area (Å²) in [5.74, 6) is -2.50. The van der Waals surface area contributed by atoms with Gasteiger partial charge in [-0.3, -0.25) is 24.0 Å². The van der Waals surface area contributed by atoms with Crippen LogP contribution in [0.4, 0.5) is 22.7 Å². The number of carbonyl (C=O) groups is 5. The lowest BCUT2D eigenvalue weighted by atomic mass is 10.0. The minimum absolute atomic E-state index is 0.0252. The van der Waals surface area contributed by atoms with Gasteiger partial charge in [0.15, 0.2) is 0 Å². The van der Waals surface area contributed by atoms with Gasteiger partial charge in [0, 0.05) is 123 Å². The van der Waals surface area contributed by atoms with E-state index in [1.807, 2.05) is 140 Å². The summed E-state index contributed by atoms with van der Waals surface area (Å²) < 4.78 is 4.92. The van der Waals surface area contributed by atoms with Crippen LogP contribution in [0.15, 0.2) is 159 Å². The molecule has 0 saturated carbocycles. The Kier molecular flexibility index (Phi) is 14.3. The summed E-state index contributed by atoms with van der Waals surface area (Å²) in [5, 5.41) is 21.8. The fourth-order valence-corrected chi connectivity index (χ4v) is 10.5. The van der Waals surface area contributed by atoms with E-state index < -0.39 is 5.97 Å². The molecule has 0 unspecified atom stereocenters. The van der Waals surface area contributed by atoms with E-state index >= 15 is 0 Å². The monoisotopic (exact) mass is 1110 g/mol. The molecule has 2 aliphatic heterocycles. The van der Waals surface area contributed by atoms with Gasteiger partial charge >= 0.3 is 5.97 Å². The van der Waals surface area contributed by atoms with Crippen molar-refractivity contribution in [2.24, 2.45) is 21.1 Å². The third kappa shape index (κ3) is 10.4. The molecule has 6 aromatic heterocycles. The molecule has 12 rings (SSSR count). The predicted octanol–water partition coefficient (Wildman–Crippen LogP) is 11.5. The van der Waals surface area contributed by atoms with Gasteiger partial charge < -0.3 is 50.0 Å². The van der Waals surface area contributed by atoms with E-state index in [1.165, 1.54) is 18.6 Å². The van der Waals surface area contributed by atoms with Crippen molar-refractivity contribution in [3.05, 3.63) is 199 Å². The summed E-state index contributed by atoms with van der Waals surface area (Å²) in [6, 6.07) is 37.4. The number of aromatic nitrogens is 10. The second-order valence-electron chi connectivity index (χ2n) is 20.0. The highest BCUT2D eigenvalue weighted by Crippen LogP contribution is 2.43. The highest BCUT2D eigenvalue weighted by Gasteiger charge is 2.25. The fraction of sp³-hybridized carbons (Fsp3) is 0.0938. The van der Waals surface area contributed by atoms with Gasteiger partial charge in [-0.15, -0.1) is 0 Å². The average molecular weight is 1110 g/mol. The zero-order valence-electron chi connectivity index (χ0n) is 45.5. The normalized spacial score (nSPS) is 11.6. The maximum atomic E-state index is 14.1. The molecule has 2 aliphatic rings. The molecule has 8 bridgehead atoms. The number of amides is 4. The largest absolute Gasteiger partial charge is 0.481 e. The molecule has 4 amide bonds. The van der Waals surface area contributed by atoms with Gasteiger partial charge in [0.1, 0.15) is 17.1 Å². The van der Waals surface area contributed by atoms with Crippen LogP contribution in [0.25, 0.3) is 90.9 Å². The van der Waals surface area contributed by atoms with Crippen LogP contribution in [-0.4, -0.2) is 83.3 Å². The van der Waals surface area contributed by atoms with E-state index in [1.54, 1.807) is 59.9 Å². The summed E-state index contributed by atoms with van der Waals surface area (Å²) in [6.07, 6.45) is 16.7. The van der Waals surface area contributed by atoms with Crippen LogP contribution in [0.1, 0.15) is 73.5 Å². The number of para-hydroxylation sites is 4. The maximum Gasteiger partial charge on any atom is 0.303 e. The van der Waals surface area contributed by atoms with Crippen LogP contribution in [0.3, 0.4) is 0 Å². The van der Waals surface area contributed by atoms with Gasteiger partial charge in [0.05, 0.1) is 60.3 Å². The molecule has 0 saturated heterocycles. The number of carboxylic acid groups (broad SMARTS) is 1. The summed E-state index contributed by atoms with van der Waals surface area (Å²) in [7, 11) is 5.24. The fourth-order valence-electron chi connectivity index (χ4n) is 10.5. The number of benzene rings is 4. The van der Waals surface area contributed by atoms with E-state index in [9.17, 15) is 29.1 Å². The maximum absolute atomic E-state index is 14.1. The first-order valence-corrected chi connectivity index (χ1v) is 26.8. The number of imidazole rings is 3. The lowest BCUT2D eigenvalue weighted by Crippen LogP contribution is -2.16. The number of fused-ring (bicyclic) bond motifs is 8. The summed E-state index contributed by atoms with van der Waals surface area (Å²) >= 11 is 0. The number of rotatable bonds is 15. The quantitative estimate of drug-likeness (QED) is 0.0507. The smallest absolute Gasteiger partial charge is 0.303 e. The van der Waals surface area contributed by atoms with Crippen LogP contribution in [0.2, 0.25) is 0 Å². The summed E-state index contributed by atoms with van der Waals surface area (Å²) in [4.78, 5) is 98.2. The zero-order valence-corrected chi connectivity index (χ0v) is 45.5. The standard InChI is InChI=1S/C64H52N14O6/c1-76-34-65-31-53(76)62(82)73-42-18-9-5-14-38(42)59-47-25-23-45(68-47)58(37-13-4-8-17-41(37)72-56(79)21-12-22-57(80)81)46-24-26-48(69-46)60(39-15-6-10-19-43(39)74-63(83)54-32-66-35-77(54)2)50-28-30-52(71-50)61(51-29-27-49(59)70-51)40-16-7-11-20-44(40)75-64(84)55-33-67-36-78(55)3/h4-11,13-20,23-36,68,71H,12,21-22H2,1-3H3,(H,72,79)(H,73,82)(H,74,83)(H,75,84)(H,80,81). The van der Waals surface area contributed by atoms with Crippen molar-refractivity contribution >= 4 is 98.7 Å². The molecular weight excluding hydrogens is 1060 g/mol. The number of H-pyrrole nitrogens is 2. The van der Waals surface area contributed by atoms with Crippen LogP contribution in [0.5, 0.6) is 0 Å². The number of anilines is 4. The van der Waals surface area contributed by atoms with Gasteiger partial charge in [0.25, 0.3) is 17.7 Å². The minimum atomic E-state index is -0.995. The topological polar surface area (TPSA) is 265 Å². The Hall–Kier alpha value is -11.5. The molecule has 0 fully saturated rings. The van der Waals surface area contributed by atoms with Gasteiger partial charge in [-0.2, -0.15) is 0 Å². The number of aryl methyl sites for hydroxylation is 3. The van der Waals surface area contributed by atoms with E-state index in [0.29, 0.717) is 129 Å². The molecule has 8 heterocycles. The van der Waals surface area contributed by atoms with Crippen molar-refractivity contribution < 1.29 is 29.1 Å². The number of aliphatic carboxylic acids is 1. The van der Waals surface area contributed by atoms with Crippen LogP contribution < -0.4 is 21.3 Å². The predicted molar refractivity (Wildman–Crippen MR) is 324 cm³/mol. The first-order valence-electron chi connectivity index (χ1n) is 26.8. The van der Waals surface area contributed by atoms with Crippen LogP contribution in [0, 0.1) is 0 Å². The number of nitrogens with one attached hydrogen (secondary N) is 6. The number of hydrogen-bond donors (Lipinski definition) is 7. The third-order valence-electron chi connectivity index (χ3n) is 14.5. The molecule has 10 aromatic rings. The van der Waals surface area contributed by atoms with E-state index in [0.717, 1.165) is 0 Å². The summed E-state index contributed by atoms with van der Waals surface area (Å²) in [6.45, 7) is 0. The number of carboxylic acids is 1. The summed E-state index contributed by atoms with van der Waals surface area (Å²) in [5.41, 5.74) is 12.3. The van der Waals surface area contributed by atoms with Crippen molar-refractivity contribution in [3.63, 3.8) is 0 Å². The van der Waals surface area contributed by atoms with Crippen molar-refractivity contribution in [3.8, 4) is 44.5 Å². The molecule has 4 aromatic carbocycles. The first-order chi connectivity index (χ1) is 40.9. The number of hydrogen-bond acceptors (Lipinski definition) is 10. The van der Waals surface area contributed by atoms with Gasteiger partial charge in [0.2, 0.25) is 5.91 Å². The Morgan fingerprint density at radius 3 is 1.00 bits per heavy atom. The first kappa shape index (κ1) is 53.1. The number of aromatic amines is 2. The molecule has 0 radical (unpaired) electrons. The lowest BCUT2D eigenvalue weighted by molar-refractivity contribution is -0.137. The molecule has 0 aliphatic carbocycles. The number of nitrogens with zero attached hydrogens (tertiary/aromatic N) is 8. The molecule has 7 N–H and O–H groups in total. The van der Waals surface area contributed by atoms with Crippen molar-refractivity contribution in [2.45, 2.75) is 19.3 Å². The molecule has 20 heteroatoms. The Balaban J connectivity index is 1.17. The molecule has 84 heavy (non-hydrogen) atoms. The Labute approximate surface area is 479 Å². The molecule has 20 nitrogen and oxygen atoms in total. The van der Waals surface area contributed by atoms with Gasteiger partial charge in [-0.25, -0.2) is 24.9 Å². The Morgan fingerprint density at radius 2 is 0.714 bits per heavy atom. The van der Waals surface area contributed by atoms with Gasteiger partial charge in [-0.05, 0) is 79.3 Å². The van der Waals surface area contributed by atoms with E-state index in [2.05, 4.69) is 46.2 Å². The van der Waals surface area contributed by atoms with Crippen LogP contribution >= 0.6 is 0 Å².